The maximum atomic E-state index is 12.9. The van der Waals surface area contributed by atoms with Crippen LogP contribution >= 0.6 is 34.4 Å². The van der Waals surface area contributed by atoms with E-state index in [1.54, 1.807) is 43.3 Å². The average Bonchev–Trinajstić information content (AvgIpc) is 3.55. The Morgan fingerprint density at radius 3 is 2.24 bits per heavy atom. The molecule has 3 aromatic rings. The Kier molecular flexibility index (Phi) is 7.33. The van der Waals surface area contributed by atoms with Crippen LogP contribution in [-0.4, -0.2) is 44.7 Å². The van der Waals surface area contributed by atoms with Crippen LogP contribution in [0.25, 0.3) is 0 Å². The van der Waals surface area contributed by atoms with Gasteiger partial charge in [0.15, 0.2) is 5.69 Å². The highest BCUT2D eigenvalue weighted by Gasteiger charge is 2.27. The number of nitrogens with one attached hydrogen (secondary N) is 3. The molecular formula is C21H24N6O4S3. The van der Waals surface area contributed by atoms with Crippen LogP contribution in [0.4, 0.5) is 0 Å². The lowest BCUT2D eigenvalue weighted by molar-refractivity contribution is 0.0924. The zero-order valence-electron chi connectivity index (χ0n) is 19.0. The molecule has 0 aromatic carbocycles. The number of thiazole rings is 2. The second-order valence-electron chi connectivity index (χ2n) is 7.80. The minimum absolute atomic E-state index is 0.131. The molecule has 0 unspecified atom stereocenters. The number of rotatable bonds is 3. The highest BCUT2D eigenvalue weighted by atomic mass is 32.2. The lowest BCUT2D eigenvalue weighted by Gasteiger charge is -2.15. The first kappa shape index (κ1) is 24.4. The van der Waals surface area contributed by atoms with Crippen molar-refractivity contribution in [2.45, 2.75) is 45.3 Å². The molecular weight excluding hydrogens is 496 g/mol. The summed E-state index contributed by atoms with van der Waals surface area (Å²) in [6.45, 7) is 5.15. The van der Waals surface area contributed by atoms with Crippen LogP contribution in [0.1, 0.15) is 91.5 Å². The third-order valence-corrected chi connectivity index (χ3v) is 7.82. The molecule has 4 heterocycles. The number of oxazole rings is 1. The molecule has 1 aliphatic heterocycles. The van der Waals surface area contributed by atoms with E-state index in [0.717, 1.165) is 5.75 Å². The maximum Gasteiger partial charge on any atom is 0.274 e. The first-order valence-corrected chi connectivity index (χ1v) is 13.7. The van der Waals surface area contributed by atoms with E-state index in [1.807, 2.05) is 6.26 Å². The van der Waals surface area contributed by atoms with Crippen LogP contribution in [0.2, 0.25) is 0 Å². The van der Waals surface area contributed by atoms with Crippen molar-refractivity contribution in [1.29, 1.82) is 0 Å². The van der Waals surface area contributed by atoms with E-state index < -0.39 is 23.9 Å². The molecule has 180 valence electrons. The van der Waals surface area contributed by atoms with Crippen molar-refractivity contribution >= 4 is 52.2 Å². The summed E-state index contributed by atoms with van der Waals surface area (Å²) in [5, 5.41) is 13.2. The van der Waals surface area contributed by atoms with E-state index in [0.29, 0.717) is 22.2 Å². The monoisotopic (exact) mass is 520 g/mol. The van der Waals surface area contributed by atoms with Crippen LogP contribution in [0.5, 0.6) is 0 Å². The van der Waals surface area contributed by atoms with Crippen molar-refractivity contribution < 1.29 is 18.8 Å². The molecule has 0 spiro atoms. The molecule has 4 rings (SSSR count). The van der Waals surface area contributed by atoms with E-state index in [-0.39, 0.29) is 34.9 Å². The highest BCUT2D eigenvalue weighted by Crippen LogP contribution is 2.26. The van der Waals surface area contributed by atoms with Gasteiger partial charge in [0.05, 0.1) is 12.1 Å². The Morgan fingerprint density at radius 2 is 1.53 bits per heavy atom. The smallest absolute Gasteiger partial charge is 0.274 e. The largest absolute Gasteiger partial charge is 0.443 e. The number of fused-ring (bicyclic) bond motifs is 6. The van der Waals surface area contributed by atoms with Gasteiger partial charge >= 0.3 is 0 Å². The second kappa shape index (κ2) is 10.2. The van der Waals surface area contributed by atoms with Crippen LogP contribution < -0.4 is 16.0 Å². The molecule has 3 amide bonds. The number of aromatic nitrogens is 3. The fourth-order valence-corrected chi connectivity index (χ4v) is 5.50. The van der Waals surface area contributed by atoms with Crippen LogP contribution in [-0.2, 0) is 0 Å². The van der Waals surface area contributed by atoms with Crippen molar-refractivity contribution in [2.75, 3.05) is 12.0 Å². The Balaban J connectivity index is 1.71. The number of nitrogens with zero attached hydrogens (tertiary/aromatic N) is 3. The number of carbonyl (C=O) groups excluding carboxylic acids is 3. The van der Waals surface area contributed by atoms with E-state index in [1.165, 1.54) is 22.7 Å². The zero-order valence-corrected chi connectivity index (χ0v) is 21.4. The first-order chi connectivity index (χ1) is 16.3. The standard InChI is InChI=1S/C21H24N6O4S3/c1-9-19-27-15(11(3)31-19)18(30)23-10(2)20-25-14(7-33-20)17(29)24-12(5-6-32-4)21-26-13(8-34-21)16(28)22-9/h7-10,12H,5-6H2,1-4H3,(H,22,28)(H,23,30)(H,24,29)/t9-,10-,12-/m1/s1. The number of thioether (sulfide) groups is 1. The number of carbonyl (C=O) groups is 3. The minimum Gasteiger partial charge on any atom is -0.443 e. The molecule has 6 bridgehead atoms. The predicted molar refractivity (Wildman–Crippen MR) is 130 cm³/mol. The van der Waals surface area contributed by atoms with E-state index in [2.05, 4.69) is 30.9 Å². The number of amides is 3. The Bertz CT molecular complexity index is 1220. The number of hydrogen-bond donors (Lipinski definition) is 3. The van der Waals surface area contributed by atoms with Crippen molar-refractivity contribution in [3.8, 4) is 0 Å². The summed E-state index contributed by atoms with van der Waals surface area (Å²) in [6, 6.07) is -1.38. The molecule has 0 aliphatic carbocycles. The lowest BCUT2D eigenvalue weighted by atomic mass is 10.2. The van der Waals surface area contributed by atoms with Gasteiger partial charge in [0.1, 0.15) is 33.2 Å². The number of hydrogen-bond acceptors (Lipinski definition) is 10. The van der Waals surface area contributed by atoms with Gasteiger partial charge in [-0.3, -0.25) is 14.4 Å². The topological polar surface area (TPSA) is 139 Å². The van der Waals surface area contributed by atoms with Gasteiger partial charge in [0.2, 0.25) is 5.89 Å². The first-order valence-electron chi connectivity index (χ1n) is 10.6. The molecule has 3 N–H and O–H groups in total. The second-order valence-corrected chi connectivity index (χ2v) is 10.6. The molecule has 10 nitrogen and oxygen atoms in total. The van der Waals surface area contributed by atoms with Crippen LogP contribution in [0.3, 0.4) is 0 Å². The molecule has 0 radical (unpaired) electrons. The Labute approximate surface area is 208 Å². The molecule has 0 fully saturated rings. The van der Waals surface area contributed by atoms with Crippen LogP contribution in [0, 0.1) is 6.92 Å². The molecule has 3 atom stereocenters. The Hall–Kier alpha value is -2.77. The van der Waals surface area contributed by atoms with Crippen LogP contribution in [0.15, 0.2) is 15.2 Å². The van der Waals surface area contributed by atoms with Gasteiger partial charge in [-0.05, 0) is 39.2 Å². The van der Waals surface area contributed by atoms with E-state index >= 15 is 0 Å². The Morgan fingerprint density at radius 1 is 0.912 bits per heavy atom. The number of aryl methyl sites for hydroxylation is 1. The predicted octanol–water partition coefficient (Wildman–Crippen LogP) is 3.42. The zero-order chi connectivity index (χ0) is 24.4. The molecule has 34 heavy (non-hydrogen) atoms. The van der Waals surface area contributed by atoms with E-state index in [9.17, 15) is 14.4 Å². The molecule has 0 saturated heterocycles. The van der Waals surface area contributed by atoms with Gasteiger partial charge in [-0.1, -0.05) is 0 Å². The van der Waals surface area contributed by atoms with Gasteiger partial charge in [-0.2, -0.15) is 11.8 Å². The van der Waals surface area contributed by atoms with Crippen molar-refractivity contribution in [2.24, 2.45) is 0 Å². The van der Waals surface area contributed by atoms with Gasteiger partial charge < -0.3 is 20.4 Å². The summed E-state index contributed by atoms with van der Waals surface area (Å²) >= 11 is 4.27. The van der Waals surface area contributed by atoms with Gasteiger partial charge in [0, 0.05) is 10.8 Å². The summed E-state index contributed by atoms with van der Waals surface area (Å²) in [5.74, 6) is 0.209. The maximum absolute atomic E-state index is 12.9. The summed E-state index contributed by atoms with van der Waals surface area (Å²) < 4.78 is 5.66. The van der Waals surface area contributed by atoms with Gasteiger partial charge in [-0.25, -0.2) is 15.0 Å². The fourth-order valence-electron chi connectivity index (χ4n) is 3.34. The average molecular weight is 521 g/mol. The van der Waals surface area contributed by atoms with Crippen molar-refractivity contribution in [3.05, 3.63) is 49.5 Å². The normalized spacial score (nSPS) is 21.3. The molecule has 3 aromatic heterocycles. The summed E-state index contributed by atoms with van der Waals surface area (Å²) in [7, 11) is 0. The quantitative estimate of drug-likeness (QED) is 0.477. The summed E-state index contributed by atoms with van der Waals surface area (Å²) in [5.41, 5.74) is 0.633. The van der Waals surface area contributed by atoms with E-state index in [4.69, 9.17) is 4.42 Å². The molecule has 1 aliphatic rings. The molecule has 0 saturated carbocycles. The molecule has 13 heteroatoms. The third-order valence-electron chi connectivity index (χ3n) is 5.19. The SMILES string of the molecule is CSCC[C@H]1NC(=O)c2csc(n2)[C@@H](C)NC(=O)c2nc(oc2C)[C@@H](C)NC(=O)c2csc1n2. The van der Waals surface area contributed by atoms with Gasteiger partial charge in [-0.15, -0.1) is 22.7 Å². The fraction of sp³-hybridized carbons (Fsp3) is 0.429. The minimum atomic E-state index is -0.581. The van der Waals surface area contributed by atoms with Crippen molar-refractivity contribution in [1.82, 2.24) is 30.9 Å². The summed E-state index contributed by atoms with van der Waals surface area (Å²) in [4.78, 5) is 51.8. The van der Waals surface area contributed by atoms with Crippen molar-refractivity contribution in [3.63, 3.8) is 0 Å². The lowest BCUT2D eigenvalue weighted by Crippen LogP contribution is -2.31. The highest BCUT2D eigenvalue weighted by molar-refractivity contribution is 7.98. The van der Waals surface area contributed by atoms with Gasteiger partial charge in [0.25, 0.3) is 17.7 Å². The summed E-state index contributed by atoms with van der Waals surface area (Å²) in [6.07, 6.45) is 2.64. The third kappa shape index (κ3) is 5.15.